The van der Waals surface area contributed by atoms with E-state index < -0.39 is 30.4 Å². The third kappa shape index (κ3) is 5.17. The minimum absolute atomic E-state index is 0.0647. The van der Waals surface area contributed by atoms with Crippen LogP contribution in [0, 0.1) is 0 Å². The SMILES string of the molecule is O=C(O)CC(NC(=O)OCC1c2ccccc2-c2ccccc21)C(=O)NCc1ccccn1. The van der Waals surface area contributed by atoms with Crippen molar-refractivity contribution in [3.8, 4) is 11.1 Å². The first-order valence-electron chi connectivity index (χ1n) is 10.5. The van der Waals surface area contributed by atoms with E-state index in [1.54, 1.807) is 24.4 Å². The van der Waals surface area contributed by atoms with E-state index >= 15 is 0 Å². The van der Waals surface area contributed by atoms with Gasteiger partial charge >= 0.3 is 12.1 Å². The van der Waals surface area contributed by atoms with Gasteiger partial charge in [0.15, 0.2) is 0 Å². The van der Waals surface area contributed by atoms with Gasteiger partial charge in [0, 0.05) is 12.1 Å². The minimum atomic E-state index is -1.28. The highest BCUT2D eigenvalue weighted by atomic mass is 16.5. The Labute approximate surface area is 190 Å². The zero-order chi connectivity index (χ0) is 23.2. The fraction of sp³-hybridized carbons (Fsp3) is 0.200. The van der Waals surface area contributed by atoms with Crippen molar-refractivity contribution in [3.63, 3.8) is 0 Å². The molecule has 8 heteroatoms. The lowest BCUT2D eigenvalue weighted by Crippen LogP contribution is -2.48. The Morgan fingerprint density at radius 2 is 1.58 bits per heavy atom. The maximum absolute atomic E-state index is 12.5. The molecule has 0 aliphatic heterocycles. The third-order valence-electron chi connectivity index (χ3n) is 5.50. The number of hydrogen-bond donors (Lipinski definition) is 3. The fourth-order valence-corrected chi connectivity index (χ4v) is 3.97. The number of carbonyl (C=O) groups is 3. The summed E-state index contributed by atoms with van der Waals surface area (Å²) in [5.74, 6) is -1.98. The van der Waals surface area contributed by atoms with Gasteiger partial charge in [-0.05, 0) is 34.4 Å². The van der Waals surface area contributed by atoms with Gasteiger partial charge in [-0.15, -0.1) is 0 Å². The largest absolute Gasteiger partial charge is 0.481 e. The van der Waals surface area contributed by atoms with E-state index in [1.165, 1.54) is 0 Å². The van der Waals surface area contributed by atoms with Crippen molar-refractivity contribution in [2.75, 3.05) is 6.61 Å². The van der Waals surface area contributed by atoms with Crippen molar-refractivity contribution in [1.29, 1.82) is 0 Å². The molecule has 168 valence electrons. The number of fused-ring (bicyclic) bond motifs is 3. The molecule has 0 spiro atoms. The highest BCUT2D eigenvalue weighted by Crippen LogP contribution is 2.44. The van der Waals surface area contributed by atoms with Gasteiger partial charge in [0.05, 0.1) is 18.7 Å². The van der Waals surface area contributed by atoms with Crippen LogP contribution >= 0.6 is 0 Å². The van der Waals surface area contributed by atoms with Gasteiger partial charge in [0.25, 0.3) is 0 Å². The molecule has 1 aromatic heterocycles. The van der Waals surface area contributed by atoms with E-state index in [0.29, 0.717) is 5.69 Å². The predicted molar refractivity (Wildman–Crippen MR) is 120 cm³/mol. The van der Waals surface area contributed by atoms with Crippen LogP contribution in [0.1, 0.15) is 29.2 Å². The molecule has 0 saturated heterocycles. The highest BCUT2D eigenvalue weighted by Gasteiger charge is 2.30. The molecular weight excluding hydrogens is 422 g/mol. The molecule has 0 bridgehead atoms. The first-order chi connectivity index (χ1) is 16.0. The molecule has 3 aromatic rings. The number of rotatable bonds is 8. The number of alkyl carbamates (subject to hydrolysis) is 1. The van der Waals surface area contributed by atoms with E-state index in [2.05, 4.69) is 15.6 Å². The summed E-state index contributed by atoms with van der Waals surface area (Å²) in [5, 5.41) is 14.1. The quantitative estimate of drug-likeness (QED) is 0.491. The fourth-order valence-electron chi connectivity index (χ4n) is 3.97. The Balaban J connectivity index is 1.39. The molecule has 0 fully saturated rings. The summed E-state index contributed by atoms with van der Waals surface area (Å²) < 4.78 is 5.43. The molecule has 3 N–H and O–H groups in total. The van der Waals surface area contributed by atoms with Crippen molar-refractivity contribution in [2.24, 2.45) is 0 Å². The van der Waals surface area contributed by atoms with E-state index in [9.17, 15) is 14.4 Å². The van der Waals surface area contributed by atoms with E-state index in [1.807, 2.05) is 48.5 Å². The number of carbonyl (C=O) groups excluding carboxylic acids is 2. The average Bonchev–Trinajstić information content (AvgIpc) is 3.15. The lowest BCUT2D eigenvalue weighted by molar-refractivity contribution is -0.139. The number of benzene rings is 2. The third-order valence-corrected chi connectivity index (χ3v) is 5.50. The maximum Gasteiger partial charge on any atom is 0.407 e. The first kappa shape index (κ1) is 22.0. The van der Waals surface area contributed by atoms with Crippen LogP contribution in [0.4, 0.5) is 4.79 Å². The molecule has 0 saturated carbocycles. The van der Waals surface area contributed by atoms with Crippen molar-refractivity contribution in [3.05, 3.63) is 89.7 Å². The molecule has 1 atom stereocenters. The Hall–Kier alpha value is -4.20. The molecule has 8 nitrogen and oxygen atoms in total. The van der Waals surface area contributed by atoms with Crippen LogP contribution in [0.5, 0.6) is 0 Å². The number of aromatic nitrogens is 1. The average molecular weight is 445 g/mol. The van der Waals surface area contributed by atoms with Crippen molar-refractivity contribution in [2.45, 2.75) is 24.9 Å². The van der Waals surface area contributed by atoms with Gasteiger partial charge in [-0.2, -0.15) is 0 Å². The van der Waals surface area contributed by atoms with Crippen LogP contribution in [-0.4, -0.2) is 40.7 Å². The summed E-state index contributed by atoms with van der Waals surface area (Å²) >= 11 is 0. The molecule has 1 unspecified atom stereocenters. The van der Waals surface area contributed by atoms with Gasteiger partial charge < -0.3 is 20.5 Å². The van der Waals surface area contributed by atoms with E-state index in [0.717, 1.165) is 22.3 Å². The normalized spacial score (nSPS) is 12.8. The molecule has 4 rings (SSSR count). The number of hydrogen-bond acceptors (Lipinski definition) is 5. The zero-order valence-corrected chi connectivity index (χ0v) is 17.7. The number of amides is 2. The smallest absolute Gasteiger partial charge is 0.407 e. The lowest BCUT2D eigenvalue weighted by Gasteiger charge is -2.18. The predicted octanol–water partition coefficient (Wildman–Crippen LogP) is 3.08. The summed E-state index contributed by atoms with van der Waals surface area (Å²) in [4.78, 5) is 40.3. The molecular formula is C25H23N3O5. The minimum Gasteiger partial charge on any atom is -0.481 e. The van der Waals surface area contributed by atoms with Crippen LogP contribution in [-0.2, 0) is 20.9 Å². The highest BCUT2D eigenvalue weighted by molar-refractivity contribution is 5.89. The number of carboxylic acid groups (broad SMARTS) is 1. The maximum atomic E-state index is 12.5. The van der Waals surface area contributed by atoms with Gasteiger partial charge in [0.1, 0.15) is 12.6 Å². The first-order valence-corrected chi connectivity index (χ1v) is 10.5. The van der Waals surface area contributed by atoms with Crippen LogP contribution in [0.25, 0.3) is 11.1 Å². The molecule has 1 aliphatic carbocycles. The van der Waals surface area contributed by atoms with Crippen LogP contribution in [0.3, 0.4) is 0 Å². The standard InChI is InChI=1S/C25H23N3O5/c29-23(30)13-22(24(31)27-14-16-7-5-6-12-26-16)28-25(32)33-15-21-19-10-3-1-8-17(19)18-9-2-4-11-20(18)21/h1-12,21-22H,13-15H2,(H,27,31)(H,28,32)(H,29,30). The number of pyridine rings is 1. The molecule has 33 heavy (non-hydrogen) atoms. The van der Waals surface area contributed by atoms with Gasteiger partial charge in [-0.1, -0.05) is 54.6 Å². The van der Waals surface area contributed by atoms with Gasteiger partial charge in [-0.3, -0.25) is 14.6 Å². The van der Waals surface area contributed by atoms with Gasteiger partial charge in [0.2, 0.25) is 5.91 Å². The summed E-state index contributed by atoms with van der Waals surface area (Å²) in [6, 6.07) is 19.8. The second kappa shape index (κ2) is 9.95. The number of aliphatic carboxylic acids is 1. The van der Waals surface area contributed by atoms with Crippen molar-refractivity contribution >= 4 is 18.0 Å². The van der Waals surface area contributed by atoms with E-state index in [4.69, 9.17) is 9.84 Å². The number of nitrogens with one attached hydrogen (secondary N) is 2. The zero-order valence-electron chi connectivity index (χ0n) is 17.7. The van der Waals surface area contributed by atoms with Crippen LogP contribution in [0.15, 0.2) is 72.9 Å². The Kier molecular flexibility index (Phi) is 6.64. The Bertz CT molecular complexity index is 1120. The summed E-state index contributed by atoms with van der Waals surface area (Å²) in [5.41, 5.74) is 4.92. The van der Waals surface area contributed by atoms with Crippen LogP contribution in [0.2, 0.25) is 0 Å². The topological polar surface area (TPSA) is 118 Å². The Morgan fingerprint density at radius 1 is 0.939 bits per heavy atom. The Morgan fingerprint density at radius 3 is 2.18 bits per heavy atom. The molecule has 1 heterocycles. The van der Waals surface area contributed by atoms with Gasteiger partial charge in [-0.25, -0.2) is 4.79 Å². The summed E-state index contributed by atoms with van der Waals surface area (Å²) in [6.45, 7) is 0.178. The number of carboxylic acids is 1. The second-order valence-electron chi connectivity index (χ2n) is 7.66. The molecule has 2 amide bonds. The van der Waals surface area contributed by atoms with E-state index in [-0.39, 0.29) is 19.1 Å². The summed E-state index contributed by atoms with van der Waals surface area (Å²) in [6.07, 6.45) is 0.166. The number of nitrogens with zero attached hydrogens (tertiary/aromatic N) is 1. The van der Waals surface area contributed by atoms with Crippen molar-refractivity contribution in [1.82, 2.24) is 15.6 Å². The number of ether oxygens (including phenoxy) is 1. The molecule has 0 radical (unpaired) electrons. The molecule has 2 aromatic carbocycles. The molecule has 1 aliphatic rings. The monoisotopic (exact) mass is 445 g/mol. The van der Waals surface area contributed by atoms with Crippen molar-refractivity contribution < 1.29 is 24.2 Å². The lowest BCUT2D eigenvalue weighted by atomic mass is 9.98. The van der Waals surface area contributed by atoms with Crippen LogP contribution < -0.4 is 10.6 Å². The second-order valence-corrected chi connectivity index (χ2v) is 7.66. The summed E-state index contributed by atoms with van der Waals surface area (Å²) in [7, 11) is 0.